The monoisotopic (exact) mass is 910 g/mol. The van der Waals surface area contributed by atoms with Crippen LogP contribution in [0.2, 0.25) is 0 Å². The van der Waals surface area contributed by atoms with Crippen molar-refractivity contribution in [1.82, 2.24) is 10.2 Å². The number of Topliss-reactive ketones (excluding diaryl/α,β-unsaturated/α-hetero) is 1. The van der Waals surface area contributed by atoms with Gasteiger partial charge in [0.1, 0.15) is 24.1 Å². The van der Waals surface area contributed by atoms with Gasteiger partial charge in [0.05, 0.1) is 42.9 Å². The van der Waals surface area contributed by atoms with Crippen LogP contribution in [0, 0.1) is 81.3 Å². The number of rotatable bonds is 5. The van der Waals surface area contributed by atoms with Crippen LogP contribution >= 0.6 is 0 Å². The van der Waals surface area contributed by atoms with Crippen LogP contribution in [0.25, 0.3) is 0 Å². The van der Waals surface area contributed by atoms with E-state index in [1.54, 1.807) is 0 Å². The van der Waals surface area contributed by atoms with Gasteiger partial charge in [-0.15, -0.1) is 0 Å². The van der Waals surface area contributed by atoms with Crippen LogP contribution in [0.1, 0.15) is 114 Å². The predicted molar refractivity (Wildman–Crippen MR) is 243 cm³/mol. The molecule has 7 heterocycles. The van der Waals surface area contributed by atoms with Gasteiger partial charge < -0.3 is 33.4 Å². The van der Waals surface area contributed by atoms with Crippen LogP contribution in [0.5, 0.6) is 0 Å². The molecule has 1 aromatic heterocycles. The molecule has 11 heteroatoms. The molecule has 4 spiro atoms. The number of fused-ring (bicyclic) bond motifs is 5. The molecule has 2 aromatic rings. The molecule has 9 fully saturated rings. The maximum Gasteiger partial charge on any atom is 0.339 e. The van der Waals surface area contributed by atoms with E-state index in [0.717, 1.165) is 75.0 Å². The Labute approximate surface area is 393 Å². The van der Waals surface area contributed by atoms with Gasteiger partial charge in [0.15, 0.2) is 17.5 Å². The predicted octanol–water partition coefficient (Wildman–Crippen LogP) is 6.82. The fourth-order valence-corrected chi connectivity index (χ4v) is 19.2. The van der Waals surface area contributed by atoms with Crippen molar-refractivity contribution >= 4 is 17.7 Å². The summed E-state index contributed by atoms with van der Waals surface area (Å²) in [4.78, 5) is 47.1. The Hall–Kier alpha value is -3.95. The molecule has 1 aromatic carbocycles. The fourth-order valence-electron chi connectivity index (χ4n) is 19.2. The van der Waals surface area contributed by atoms with Gasteiger partial charge in [0.2, 0.25) is 0 Å². The standard InChI is InChI=1S/C56H66N2O9/c1-51(2)47-46(60)48(61)54-39-25-33(23-31-7-5-4-6-8-31)9-12-34(39)13-15-37-16-14-36-28-63-41(18-11-32-10-17-38-35(24-32)20-22-58-30-57-27-40(38)58)45(36)55(37)52(3,56(54)49(66-56)50(62)67-55)21-19-42(54)53(47)29-64-44(59)26-43(53)65-51/h4-8,20,22,28,32-35,37-40,42-43,47-49,57,61H,9-12,14,16-19,21,23-27,29-30H2,1-3H3/t32-,33+,34-,35+,37+,38-,39-,40-,42+,43-,47+,48+,49+,52-,53-,54-,55-,56+/m0/s1. The van der Waals surface area contributed by atoms with Gasteiger partial charge in [-0.1, -0.05) is 61.6 Å². The number of furan rings is 1. The normalized spacial score (nSPS) is 48.9. The van der Waals surface area contributed by atoms with Crippen LogP contribution in [0.15, 0.2) is 53.3 Å². The summed E-state index contributed by atoms with van der Waals surface area (Å²) in [6.45, 7) is 8.20. The van der Waals surface area contributed by atoms with E-state index in [9.17, 15) is 9.90 Å². The first-order valence-corrected chi connectivity index (χ1v) is 26.1. The molecule has 67 heavy (non-hydrogen) atoms. The van der Waals surface area contributed by atoms with E-state index in [0.29, 0.717) is 43.1 Å². The van der Waals surface area contributed by atoms with Crippen molar-refractivity contribution in [3.8, 4) is 11.8 Å². The maximum absolute atomic E-state index is 15.9. The summed E-state index contributed by atoms with van der Waals surface area (Å²) in [6, 6.07) is 11.2. The number of ketones is 1. The minimum absolute atomic E-state index is 0.0338. The van der Waals surface area contributed by atoms with Crippen molar-refractivity contribution in [3.05, 3.63) is 71.3 Å². The number of carbonyl (C=O) groups is 3. The SMILES string of the molecule is CC1(C)O[C@H]2CC(=O)OC[C@@]23[C@@H]1C(=O)[C@@H](O)[C@]12[C@@H]3CC[C@]3(C)[C@@]14O[C@@H]4C(=O)O[C@@]31c3c(coc3CC[C@@H]3CC[C@H]4[C@H](C=CN5CNC[C@@H]45)C3)CC[C@H]1C#C[C@@H]1CC[C@H](Cc3ccccc3)C[C@@H]12. The zero-order valence-electron chi connectivity index (χ0n) is 39.3. The lowest BCUT2D eigenvalue weighted by atomic mass is 9.30. The Morgan fingerprint density at radius 1 is 0.955 bits per heavy atom. The number of nitrogens with zero attached hydrogens (tertiary/aromatic N) is 1. The first-order chi connectivity index (χ1) is 32.4. The molecule has 0 amide bonds. The second kappa shape index (κ2) is 14.1. The molecule has 12 aliphatic rings. The van der Waals surface area contributed by atoms with E-state index in [2.05, 4.69) is 71.6 Å². The third kappa shape index (κ3) is 5.12. The number of nitrogens with one attached hydrogen (secondary N) is 1. The zero-order chi connectivity index (χ0) is 45.5. The zero-order valence-corrected chi connectivity index (χ0v) is 39.3. The van der Waals surface area contributed by atoms with Crippen LogP contribution in [0.4, 0.5) is 0 Å². The highest BCUT2D eigenvalue weighted by molar-refractivity contribution is 5.92. The second-order valence-electron chi connectivity index (χ2n) is 24.3. The quantitative estimate of drug-likeness (QED) is 0.186. The van der Waals surface area contributed by atoms with E-state index in [-0.39, 0.29) is 54.4 Å². The van der Waals surface area contributed by atoms with Crippen molar-refractivity contribution in [2.45, 2.75) is 152 Å². The van der Waals surface area contributed by atoms with Gasteiger partial charge in [0, 0.05) is 46.7 Å². The first kappa shape index (κ1) is 42.0. The van der Waals surface area contributed by atoms with Crippen molar-refractivity contribution < 1.29 is 42.9 Å². The number of carbonyl (C=O) groups excluding carboxylic acids is 3. The summed E-state index contributed by atoms with van der Waals surface area (Å²) < 4.78 is 34.4. The lowest BCUT2D eigenvalue weighted by molar-refractivity contribution is -0.301. The Morgan fingerprint density at radius 2 is 1.81 bits per heavy atom. The third-order valence-electron chi connectivity index (χ3n) is 21.5. The number of cyclic esters (lactones) is 1. The fraction of sp³-hybridized carbons (Fsp3) is 0.696. The van der Waals surface area contributed by atoms with E-state index >= 15 is 9.59 Å². The Balaban J connectivity index is 0.924. The topological polar surface area (TPSA) is 140 Å². The molecule has 11 nitrogen and oxygen atoms in total. The Bertz CT molecular complexity index is 2540. The van der Waals surface area contributed by atoms with Crippen LogP contribution in [0.3, 0.4) is 0 Å². The molecule has 6 aliphatic heterocycles. The van der Waals surface area contributed by atoms with Gasteiger partial charge in [-0.3, -0.25) is 14.9 Å². The highest BCUT2D eigenvalue weighted by Gasteiger charge is 2.95. The van der Waals surface area contributed by atoms with Crippen molar-refractivity contribution in [2.24, 2.45) is 69.5 Å². The van der Waals surface area contributed by atoms with E-state index in [1.807, 2.05) is 20.1 Å². The molecule has 4 saturated carbocycles. The molecule has 6 aliphatic carbocycles. The smallest absolute Gasteiger partial charge is 0.339 e. The molecule has 4 bridgehead atoms. The lowest BCUT2D eigenvalue weighted by Gasteiger charge is -2.72. The number of esters is 2. The highest BCUT2D eigenvalue weighted by Crippen LogP contribution is 2.85. The average molecular weight is 911 g/mol. The number of benzene rings is 1. The van der Waals surface area contributed by atoms with Crippen molar-refractivity contribution in [1.29, 1.82) is 0 Å². The minimum atomic E-state index is -1.47. The van der Waals surface area contributed by atoms with Crippen LogP contribution in [-0.4, -0.2) is 83.1 Å². The molecular formula is C56H66N2O9. The number of aliphatic hydroxyl groups excluding tert-OH is 1. The molecule has 14 rings (SSSR count). The van der Waals surface area contributed by atoms with E-state index in [1.165, 1.54) is 24.8 Å². The van der Waals surface area contributed by atoms with Crippen LogP contribution < -0.4 is 5.32 Å². The summed E-state index contributed by atoms with van der Waals surface area (Å²) in [7, 11) is 0. The lowest BCUT2D eigenvalue weighted by Crippen LogP contribution is -2.81. The Morgan fingerprint density at radius 3 is 2.67 bits per heavy atom. The summed E-state index contributed by atoms with van der Waals surface area (Å²) in [5, 5.41) is 17.3. The van der Waals surface area contributed by atoms with Crippen molar-refractivity contribution in [2.75, 3.05) is 19.8 Å². The van der Waals surface area contributed by atoms with Crippen molar-refractivity contribution in [3.63, 3.8) is 0 Å². The number of aryl methyl sites for hydroxylation is 2. The largest absolute Gasteiger partial charge is 0.469 e. The number of ether oxygens (including phenoxy) is 4. The summed E-state index contributed by atoms with van der Waals surface area (Å²) in [5.74, 6) is 7.89. The highest BCUT2D eigenvalue weighted by atomic mass is 16.7. The first-order valence-electron chi connectivity index (χ1n) is 26.1. The number of allylic oxidation sites excluding steroid dienone is 1. The second-order valence-corrected chi connectivity index (χ2v) is 24.3. The number of aliphatic hydroxyl groups is 1. The van der Waals surface area contributed by atoms with E-state index < -0.39 is 63.2 Å². The average Bonchev–Trinajstić information content (AvgIpc) is 3.56. The van der Waals surface area contributed by atoms with Gasteiger partial charge in [-0.05, 0) is 137 Å². The Kier molecular flexibility index (Phi) is 8.84. The molecule has 0 unspecified atom stereocenters. The molecule has 2 N–H and O–H groups in total. The summed E-state index contributed by atoms with van der Waals surface area (Å²) in [6.07, 6.45) is 15.1. The molecule has 354 valence electrons. The minimum Gasteiger partial charge on any atom is -0.469 e. The van der Waals surface area contributed by atoms with Crippen LogP contribution in [-0.2, 0) is 58.2 Å². The number of hydrogen-bond acceptors (Lipinski definition) is 11. The summed E-state index contributed by atoms with van der Waals surface area (Å²) in [5.41, 5.74) is -3.27. The van der Waals surface area contributed by atoms with Gasteiger partial charge in [-0.25, -0.2) is 4.79 Å². The molecule has 5 saturated heterocycles. The van der Waals surface area contributed by atoms with Gasteiger partial charge in [0.25, 0.3) is 0 Å². The molecule has 0 radical (unpaired) electrons. The third-order valence-corrected chi connectivity index (χ3v) is 21.5. The van der Waals surface area contributed by atoms with Gasteiger partial charge in [-0.2, -0.15) is 0 Å². The summed E-state index contributed by atoms with van der Waals surface area (Å²) >= 11 is 0. The van der Waals surface area contributed by atoms with Gasteiger partial charge >= 0.3 is 11.9 Å². The number of hydrogen-bond donors (Lipinski definition) is 2. The van der Waals surface area contributed by atoms with E-state index in [4.69, 9.17) is 23.4 Å². The maximum atomic E-state index is 15.9. The number of epoxide rings is 1. The molecule has 18 atom stereocenters. The molecular weight excluding hydrogens is 845 g/mol.